The van der Waals surface area contributed by atoms with Crippen LogP contribution in [0.5, 0.6) is 0 Å². The van der Waals surface area contributed by atoms with Gasteiger partial charge in [0.1, 0.15) is 0 Å². The highest BCUT2D eigenvalue weighted by molar-refractivity contribution is 14.1. The van der Waals surface area contributed by atoms with E-state index < -0.39 is 0 Å². The summed E-state index contributed by atoms with van der Waals surface area (Å²) in [6.07, 6.45) is 2.32. The van der Waals surface area contributed by atoms with Gasteiger partial charge in [-0.1, -0.05) is 0 Å². The molecule has 0 radical (unpaired) electrons. The number of nitrogens with two attached hydrogens (primary N) is 1. The van der Waals surface area contributed by atoms with E-state index in [1.54, 1.807) is 0 Å². The molecule has 12 heavy (non-hydrogen) atoms. The molecule has 3 N–H and O–H groups in total. The molecule has 0 aromatic rings. The predicted octanol–water partition coefficient (Wildman–Crippen LogP) is 0.366. The minimum absolute atomic E-state index is 0.0405. The molecule has 0 unspecified atom stereocenters. The van der Waals surface area contributed by atoms with Crippen LogP contribution in [0.4, 0.5) is 0 Å². The van der Waals surface area contributed by atoms with Crippen molar-refractivity contribution in [2.75, 3.05) is 13.1 Å². The molecule has 3 atom stereocenters. The lowest BCUT2D eigenvalue weighted by atomic mass is 9.89. The second-order valence-electron chi connectivity index (χ2n) is 3.98. The Labute approximate surface area is 86.8 Å². The van der Waals surface area contributed by atoms with Gasteiger partial charge in [0.15, 0.2) is 0 Å². The van der Waals surface area contributed by atoms with Gasteiger partial charge in [0.25, 0.3) is 0 Å². The van der Waals surface area contributed by atoms with Crippen molar-refractivity contribution in [1.82, 2.24) is 3.11 Å². The molecule has 1 aliphatic carbocycles. The van der Waals surface area contributed by atoms with E-state index in [1.807, 2.05) is 0 Å². The summed E-state index contributed by atoms with van der Waals surface area (Å²) in [6, 6.07) is -0.0405. The van der Waals surface area contributed by atoms with Gasteiger partial charge in [0.05, 0.1) is 6.10 Å². The molecule has 70 valence electrons. The fourth-order valence-corrected chi connectivity index (χ4v) is 2.93. The number of hydrogen-bond acceptors (Lipinski definition) is 3. The number of hydrogen-bond donors (Lipinski definition) is 2. The second-order valence-corrected chi connectivity index (χ2v) is 5.35. The first kappa shape index (κ1) is 9.18. The highest BCUT2D eigenvalue weighted by atomic mass is 127. The van der Waals surface area contributed by atoms with Crippen molar-refractivity contribution in [1.29, 1.82) is 0 Å². The van der Waals surface area contributed by atoms with E-state index in [9.17, 15) is 5.11 Å². The van der Waals surface area contributed by atoms with Gasteiger partial charge in [-0.25, -0.2) is 3.11 Å². The molecule has 1 aliphatic heterocycles. The summed E-state index contributed by atoms with van der Waals surface area (Å²) in [5, 5.41) is 9.81. The Kier molecular flexibility index (Phi) is 2.60. The molecule has 2 rings (SSSR count). The second kappa shape index (κ2) is 3.40. The molecular weight excluding hydrogens is 267 g/mol. The van der Waals surface area contributed by atoms with Crippen molar-refractivity contribution in [2.24, 2.45) is 17.6 Å². The Hall–Kier alpha value is 0.610. The summed E-state index contributed by atoms with van der Waals surface area (Å²) >= 11 is 2.30. The van der Waals surface area contributed by atoms with Crippen molar-refractivity contribution in [3.05, 3.63) is 0 Å². The van der Waals surface area contributed by atoms with Gasteiger partial charge in [0, 0.05) is 47.9 Å². The summed E-state index contributed by atoms with van der Waals surface area (Å²) < 4.78 is 2.21. The molecule has 1 heterocycles. The molecule has 0 aromatic heterocycles. The maximum atomic E-state index is 9.81. The number of rotatable bonds is 1. The van der Waals surface area contributed by atoms with Crippen molar-refractivity contribution >= 4 is 22.9 Å². The van der Waals surface area contributed by atoms with Gasteiger partial charge in [-0.2, -0.15) is 0 Å². The molecule has 3 nitrogen and oxygen atoms in total. The number of aliphatic hydroxyl groups excluding tert-OH is 1. The van der Waals surface area contributed by atoms with E-state index in [1.165, 1.54) is 12.8 Å². The minimum atomic E-state index is -0.261. The van der Waals surface area contributed by atoms with Gasteiger partial charge >= 0.3 is 0 Å². The topological polar surface area (TPSA) is 49.5 Å². The van der Waals surface area contributed by atoms with Crippen LogP contribution in [0.25, 0.3) is 0 Å². The summed E-state index contributed by atoms with van der Waals surface area (Å²) in [5.41, 5.74) is 5.83. The maximum Gasteiger partial charge on any atom is 0.0747 e. The van der Waals surface area contributed by atoms with Gasteiger partial charge in [-0.3, -0.25) is 0 Å². The summed E-state index contributed by atoms with van der Waals surface area (Å²) in [6.45, 7) is 1.84. The molecule has 2 aliphatic rings. The Bertz CT molecular complexity index is 174. The van der Waals surface area contributed by atoms with Crippen LogP contribution < -0.4 is 5.73 Å². The average Bonchev–Trinajstić information content (AvgIpc) is 2.79. The van der Waals surface area contributed by atoms with Crippen molar-refractivity contribution in [2.45, 2.75) is 25.0 Å². The third-order valence-electron chi connectivity index (χ3n) is 2.92. The molecule has 0 aromatic carbocycles. The van der Waals surface area contributed by atoms with Crippen molar-refractivity contribution in [3.8, 4) is 0 Å². The van der Waals surface area contributed by atoms with Crippen LogP contribution in [0.1, 0.15) is 12.8 Å². The van der Waals surface area contributed by atoms with Crippen molar-refractivity contribution in [3.63, 3.8) is 0 Å². The molecule has 0 spiro atoms. The first-order chi connectivity index (χ1) is 5.68. The van der Waals surface area contributed by atoms with Gasteiger partial charge < -0.3 is 10.8 Å². The molecule has 2 fully saturated rings. The van der Waals surface area contributed by atoms with E-state index in [2.05, 4.69) is 26.0 Å². The third-order valence-corrected chi connectivity index (χ3v) is 3.71. The maximum absolute atomic E-state index is 9.81. The van der Waals surface area contributed by atoms with E-state index in [0.29, 0.717) is 5.92 Å². The van der Waals surface area contributed by atoms with Crippen LogP contribution in [-0.2, 0) is 0 Å². The van der Waals surface area contributed by atoms with Crippen LogP contribution in [-0.4, -0.2) is 33.5 Å². The van der Waals surface area contributed by atoms with Crippen LogP contribution in [0.15, 0.2) is 0 Å². The Balaban J connectivity index is 2.00. The fourth-order valence-electron chi connectivity index (χ4n) is 2.02. The highest BCUT2D eigenvalue weighted by Gasteiger charge is 2.41. The lowest BCUT2D eigenvalue weighted by molar-refractivity contribution is 0.0327. The Morgan fingerprint density at radius 3 is 2.58 bits per heavy atom. The molecular formula is C8H15IN2O. The SMILES string of the molecule is N[C@@H]1CN(I)C[C@H](C2CC2)[C@H]1O. The Morgan fingerprint density at radius 1 is 1.33 bits per heavy atom. The lowest BCUT2D eigenvalue weighted by Gasteiger charge is -2.37. The van der Waals surface area contributed by atoms with Gasteiger partial charge in [-0.15, -0.1) is 0 Å². The monoisotopic (exact) mass is 282 g/mol. The first-order valence-electron chi connectivity index (χ1n) is 4.53. The zero-order valence-corrected chi connectivity index (χ0v) is 9.15. The third kappa shape index (κ3) is 1.76. The van der Waals surface area contributed by atoms with E-state index in [4.69, 9.17) is 5.73 Å². The molecule has 4 heteroatoms. The van der Waals surface area contributed by atoms with Gasteiger partial charge in [-0.05, 0) is 18.8 Å². The number of aliphatic hydroxyl groups is 1. The normalized spacial score (nSPS) is 44.8. The number of piperidine rings is 1. The lowest BCUT2D eigenvalue weighted by Crippen LogP contribution is -2.54. The number of halogens is 1. The minimum Gasteiger partial charge on any atom is -0.391 e. The van der Waals surface area contributed by atoms with E-state index in [-0.39, 0.29) is 12.1 Å². The van der Waals surface area contributed by atoms with Crippen LogP contribution in [0.3, 0.4) is 0 Å². The average molecular weight is 282 g/mol. The first-order valence-corrected chi connectivity index (χ1v) is 5.49. The van der Waals surface area contributed by atoms with Gasteiger partial charge in [0.2, 0.25) is 0 Å². The zero-order valence-electron chi connectivity index (χ0n) is 6.99. The number of nitrogens with zero attached hydrogens (tertiary/aromatic N) is 1. The fraction of sp³-hybridized carbons (Fsp3) is 1.00. The zero-order chi connectivity index (χ0) is 8.72. The molecule has 1 saturated carbocycles. The summed E-state index contributed by atoms with van der Waals surface area (Å²) in [4.78, 5) is 0. The predicted molar refractivity (Wildman–Crippen MR) is 55.8 cm³/mol. The highest BCUT2D eigenvalue weighted by Crippen LogP contribution is 2.41. The van der Waals surface area contributed by atoms with E-state index >= 15 is 0 Å². The smallest absolute Gasteiger partial charge is 0.0747 e. The van der Waals surface area contributed by atoms with E-state index in [0.717, 1.165) is 19.0 Å². The molecule has 0 bridgehead atoms. The van der Waals surface area contributed by atoms with Crippen LogP contribution in [0.2, 0.25) is 0 Å². The van der Waals surface area contributed by atoms with Crippen LogP contribution >= 0.6 is 22.9 Å². The van der Waals surface area contributed by atoms with Crippen molar-refractivity contribution < 1.29 is 5.11 Å². The summed E-state index contributed by atoms with van der Waals surface area (Å²) in [7, 11) is 0. The van der Waals surface area contributed by atoms with Crippen LogP contribution in [0, 0.1) is 11.8 Å². The quantitative estimate of drug-likeness (QED) is 0.539. The summed E-state index contributed by atoms with van der Waals surface area (Å²) in [5.74, 6) is 1.19. The standard InChI is InChI=1S/C8H15IN2O/c9-11-3-6(5-1-2-5)8(12)7(10)4-11/h5-8,12H,1-4,10H2/t6-,7-,8-/m1/s1. The Morgan fingerprint density at radius 2 is 2.00 bits per heavy atom. The molecule has 1 saturated heterocycles. The molecule has 0 amide bonds. The largest absolute Gasteiger partial charge is 0.391 e.